The van der Waals surface area contributed by atoms with Crippen LogP contribution in [0.3, 0.4) is 0 Å². The second-order valence-electron chi connectivity index (χ2n) is 11.3. The zero-order valence-electron chi connectivity index (χ0n) is 22.6. The molecule has 0 atom stereocenters. The molecule has 0 fully saturated rings. The highest BCUT2D eigenvalue weighted by molar-refractivity contribution is 6.43. The van der Waals surface area contributed by atoms with Crippen LogP contribution in [0.25, 0.3) is 97.7 Å². The predicted octanol–water partition coefficient (Wildman–Crippen LogP) is 10.8. The van der Waals surface area contributed by atoms with E-state index in [2.05, 4.69) is 107 Å². The summed E-state index contributed by atoms with van der Waals surface area (Å²) in [6.45, 7) is 0. The molecule has 0 aliphatic heterocycles. The van der Waals surface area contributed by atoms with Gasteiger partial charge in [0.05, 0.1) is 0 Å². The third-order valence-corrected chi connectivity index (χ3v) is 9.32. The molecule has 0 aliphatic carbocycles. The molecule has 192 valence electrons. The van der Waals surface area contributed by atoms with Crippen LogP contribution in [0.15, 0.2) is 134 Å². The normalized spacial score (nSPS) is 12.3. The number of hydrogen-bond donors (Lipinski definition) is 0. The van der Waals surface area contributed by atoms with Crippen LogP contribution in [-0.2, 0) is 0 Å². The van der Waals surface area contributed by atoms with Crippen LogP contribution in [0.4, 0.5) is 0 Å². The van der Waals surface area contributed by atoms with Crippen LogP contribution in [-0.4, -0.2) is 9.97 Å². The molecule has 0 saturated heterocycles. The Labute approximate surface area is 241 Å². The molecular formula is C40H22N2. The van der Waals surface area contributed by atoms with E-state index >= 15 is 0 Å². The Hall–Kier alpha value is -5.60. The van der Waals surface area contributed by atoms with E-state index in [1.165, 1.54) is 86.5 Å². The fraction of sp³-hybridized carbons (Fsp3) is 0. The van der Waals surface area contributed by atoms with Gasteiger partial charge in [0.1, 0.15) is 0 Å². The highest BCUT2D eigenvalue weighted by Gasteiger charge is 2.22. The summed E-state index contributed by atoms with van der Waals surface area (Å²) < 4.78 is 0. The van der Waals surface area contributed by atoms with Crippen molar-refractivity contribution in [1.82, 2.24) is 9.97 Å². The van der Waals surface area contributed by atoms with Crippen LogP contribution in [0.2, 0.25) is 0 Å². The van der Waals surface area contributed by atoms with E-state index < -0.39 is 0 Å². The maximum absolute atomic E-state index is 4.45. The quantitative estimate of drug-likeness (QED) is 0.208. The molecule has 42 heavy (non-hydrogen) atoms. The minimum absolute atomic E-state index is 1.15. The Morgan fingerprint density at radius 1 is 0.310 bits per heavy atom. The third kappa shape index (κ3) is 2.74. The Bertz CT molecular complexity index is 2470. The molecule has 0 spiro atoms. The summed E-state index contributed by atoms with van der Waals surface area (Å²) in [6.07, 6.45) is 7.64. The van der Waals surface area contributed by atoms with Gasteiger partial charge in [-0.25, -0.2) is 0 Å². The molecule has 8 aromatic carbocycles. The van der Waals surface area contributed by atoms with Crippen molar-refractivity contribution in [2.75, 3.05) is 0 Å². The van der Waals surface area contributed by atoms with Crippen LogP contribution in [0.5, 0.6) is 0 Å². The molecule has 0 radical (unpaired) electrons. The number of hydrogen-bond acceptors (Lipinski definition) is 2. The number of fused-ring (bicyclic) bond motifs is 9. The van der Waals surface area contributed by atoms with Crippen molar-refractivity contribution in [1.29, 1.82) is 0 Å². The topological polar surface area (TPSA) is 25.8 Å². The minimum atomic E-state index is 1.15. The molecule has 10 rings (SSSR count). The monoisotopic (exact) mass is 530 g/mol. The maximum atomic E-state index is 4.45. The lowest BCUT2D eigenvalue weighted by Gasteiger charge is -2.13. The summed E-state index contributed by atoms with van der Waals surface area (Å²) in [6, 6.07) is 40.3. The third-order valence-electron chi connectivity index (χ3n) is 9.32. The molecule has 2 heterocycles. The second-order valence-corrected chi connectivity index (χ2v) is 11.3. The Morgan fingerprint density at radius 3 is 1.17 bits per heavy atom. The van der Waals surface area contributed by atoms with Crippen molar-refractivity contribution in [2.45, 2.75) is 0 Å². The lowest BCUT2D eigenvalue weighted by Crippen LogP contribution is -1.86. The van der Waals surface area contributed by atoms with Crippen LogP contribution in [0, 0.1) is 0 Å². The van der Waals surface area contributed by atoms with E-state index in [1.54, 1.807) is 0 Å². The molecule has 0 amide bonds. The first-order valence-corrected chi connectivity index (χ1v) is 14.4. The van der Waals surface area contributed by atoms with Crippen molar-refractivity contribution in [2.24, 2.45) is 0 Å². The van der Waals surface area contributed by atoms with Gasteiger partial charge in [0.2, 0.25) is 0 Å². The highest BCUT2D eigenvalue weighted by atomic mass is 14.6. The lowest BCUT2D eigenvalue weighted by molar-refractivity contribution is 1.33. The summed E-state index contributed by atoms with van der Waals surface area (Å²) >= 11 is 0. The molecule has 10 aromatic rings. The van der Waals surface area contributed by atoms with Gasteiger partial charge in [-0.15, -0.1) is 0 Å². The Balaban J connectivity index is 1.44. The lowest BCUT2D eigenvalue weighted by atomic mass is 9.90. The Kier molecular flexibility index (Phi) is 4.21. The predicted molar refractivity (Wildman–Crippen MR) is 178 cm³/mol. The number of aromatic nitrogens is 2. The molecule has 0 saturated carbocycles. The molecule has 0 bridgehead atoms. The zero-order chi connectivity index (χ0) is 27.4. The van der Waals surface area contributed by atoms with E-state index in [9.17, 15) is 0 Å². The number of benzene rings is 6. The SMILES string of the molecule is c1cncc(-c2ccc3c4cc5c6ccccc6c6c(-c7cccnc7)ccc(c4cc4c7ccccc7c2c34)c56)c1. The maximum Gasteiger partial charge on any atom is 0.0346 e. The largest absolute Gasteiger partial charge is 0.264 e. The average molecular weight is 531 g/mol. The molecule has 0 aliphatic rings. The molecular weight excluding hydrogens is 508 g/mol. The second kappa shape index (κ2) is 7.99. The van der Waals surface area contributed by atoms with Crippen LogP contribution in [0.1, 0.15) is 0 Å². The smallest absolute Gasteiger partial charge is 0.0346 e. The van der Waals surface area contributed by atoms with E-state index in [-0.39, 0.29) is 0 Å². The van der Waals surface area contributed by atoms with E-state index in [0.29, 0.717) is 0 Å². The van der Waals surface area contributed by atoms with E-state index in [0.717, 1.165) is 11.1 Å². The van der Waals surface area contributed by atoms with Crippen molar-refractivity contribution >= 4 is 75.4 Å². The average Bonchev–Trinajstić information content (AvgIpc) is 3.57. The van der Waals surface area contributed by atoms with E-state index in [1.807, 2.05) is 36.9 Å². The van der Waals surface area contributed by atoms with Crippen molar-refractivity contribution in [3.8, 4) is 22.3 Å². The summed E-state index contributed by atoms with van der Waals surface area (Å²) in [4.78, 5) is 8.90. The first kappa shape index (κ1) is 22.1. The van der Waals surface area contributed by atoms with Crippen molar-refractivity contribution in [3.63, 3.8) is 0 Å². The summed E-state index contributed by atoms with van der Waals surface area (Å²) in [5.74, 6) is 0. The van der Waals surface area contributed by atoms with Crippen molar-refractivity contribution in [3.05, 3.63) is 134 Å². The fourth-order valence-electron chi connectivity index (χ4n) is 7.63. The highest BCUT2D eigenvalue weighted by Crippen LogP contribution is 2.50. The van der Waals surface area contributed by atoms with Crippen LogP contribution < -0.4 is 0 Å². The summed E-state index contributed by atoms with van der Waals surface area (Å²) in [7, 11) is 0. The first-order valence-electron chi connectivity index (χ1n) is 14.4. The van der Waals surface area contributed by atoms with Gasteiger partial charge in [-0.1, -0.05) is 84.9 Å². The molecule has 0 N–H and O–H groups in total. The summed E-state index contributed by atoms with van der Waals surface area (Å²) in [5.41, 5.74) is 4.77. The number of nitrogens with zero attached hydrogens (tertiary/aromatic N) is 2. The minimum Gasteiger partial charge on any atom is -0.264 e. The van der Waals surface area contributed by atoms with Gasteiger partial charge < -0.3 is 0 Å². The van der Waals surface area contributed by atoms with Gasteiger partial charge in [-0.2, -0.15) is 0 Å². The van der Waals surface area contributed by atoms with Gasteiger partial charge in [0.15, 0.2) is 0 Å². The van der Waals surface area contributed by atoms with E-state index in [4.69, 9.17) is 0 Å². The van der Waals surface area contributed by atoms with Gasteiger partial charge in [0, 0.05) is 35.9 Å². The Morgan fingerprint density at radius 2 is 0.738 bits per heavy atom. The van der Waals surface area contributed by atoms with Gasteiger partial charge >= 0.3 is 0 Å². The van der Waals surface area contributed by atoms with Gasteiger partial charge in [-0.3, -0.25) is 9.97 Å². The first-order chi connectivity index (χ1) is 20.9. The van der Waals surface area contributed by atoms with Gasteiger partial charge in [-0.05, 0) is 111 Å². The zero-order valence-corrected chi connectivity index (χ0v) is 22.6. The van der Waals surface area contributed by atoms with Gasteiger partial charge in [0.25, 0.3) is 0 Å². The fourth-order valence-corrected chi connectivity index (χ4v) is 7.63. The standard InChI is InChI=1S/C40H22N2/c1-3-11-29-27(9-1)35-19-33-32-16-14-26(24-8-6-18-42-22-24)38-30-12-4-2-10-28(30)36(40(32)38)20-34(33)31-15-13-25(37(29)39(31)35)23-7-5-17-41-21-23/h1-22H. The number of rotatable bonds is 2. The van der Waals surface area contributed by atoms with Crippen LogP contribution >= 0.6 is 0 Å². The molecule has 2 nitrogen and oxygen atoms in total. The molecule has 2 aromatic heterocycles. The molecule has 2 heteroatoms. The number of pyridine rings is 2. The molecule has 0 unspecified atom stereocenters. The van der Waals surface area contributed by atoms with Crippen molar-refractivity contribution < 1.29 is 0 Å². The summed E-state index contributed by atoms with van der Waals surface area (Å²) in [5, 5.41) is 18.4.